The van der Waals surface area contributed by atoms with Crippen molar-refractivity contribution in [2.45, 2.75) is 37.6 Å². The van der Waals surface area contributed by atoms with Crippen LogP contribution in [0.5, 0.6) is 0 Å². The Labute approximate surface area is 173 Å². The van der Waals surface area contributed by atoms with E-state index in [-0.39, 0.29) is 50.1 Å². The fourth-order valence-corrected chi connectivity index (χ4v) is 4.09. The Morgan fingerprint density at radius 3 is 2.83 bits per heavy atom. The summed E-state index contributed by atoms with van der Waals surface area (Å²) in [6.07, 6.45) is 2.13. The van der Waals surface area contributed by atoms with Gasteiger partial charge in [-0.1, -0.05) is 11.9 Å². The molecule has 24 heavy (non-hydrogen) atoms. The van der Waals surface area contributed by atoms with Crippen LogP contribution in [0.15, 0.2) is 12.1 Å². The number of hydrogen-bond acceptors (Lipinski definition) is 3. The Morgan fingerprint density at radius 2 is 2.21 bits per heavy atom. The molecule has 1 radical (unpaired) electrons. The largest absolute Gasteiger partial charge is 0.373 e. The van der Waals surface area contributed by atoms with Crippen LogP contribution in [0.1, 0.15) is 36.2 Å². The molecular formula is C16H13ClFN2O2SY-. The number of aromatic nitrogens is 2. The Kier molecular flexibility index (Phi) is 5.99. The molecule has 1 fully saturated rings. The van der Waals surface area contributed by atoms with E-state index < -0.39 is 0 Å². The minimum Gasteiger partial charge on any atom is -0.334 e. The van der Waals surface area contributed by atoms with Gasteiger partial charge < -0.3 is 9.55 Å². The number of H-pyrrole nitrogens is 1. The normalized spacial score (nSPS) is 22.4. The third kappa shape index (κ3) is 2.99. The molecule has 1 aromatic carbocycles. The minimum absolute atomic E-state index is 0. The number of imidazole rings is 1. The minimum atomic E-state index is -0.212. The Morgan fingerprint density at radius 1 is 1.54 bits per heavy atom. The summed E-state index contributed by atoms with van der Waals surface area (Å²) in [4.78, 5) is 19.5. The number of fused-ring (bicyclic) bond motifs is 3. The van der Waals surface area contributed by atoms with Gasteiger partial charge in [0.25, 0.3) is 0 Å². The zero-order valence-corrected chi connectivity index (χ0v) is 17.3. The summed E-state index contributed by atoms with van der Waals surface area (Å²) in [5.74, 6) is 0.130. The van der Waals surface area contributed by atoms with Gasteiger partial charge in [0.15, 0.2) is 4.77 Å². The molecule has 1 aliphatic carbocycles. The van der Waals surface area contributed by atoms with Crippen LogP contribution in [-0.2, 0) is 60.7 Å². The molecule has 1 aliphatic heterocycles. The average molecular weight is 441 g/mol. The third-order valence-electron chi connectivity index (χ3n) is 4.66. The number of benzene rings is 1. The fourth-order valence-electron chi connectivity index (χ4n) is 3.65. The van der Waals surface area contributed by atoms with Crippen LogP contribution in [0.2, 0.25) is 5.02 Å². The van der Waals surface area contributed by atoms with Crippen molar-refractivity contribution in [1.29, 1.82) is 0 Å². The topological polar surface area (TPSA) is 54.9 Å². The molecule has 123 valence electrons. The van der Waals surface area contributed by atoms with Gasteiger partial charge in [-0.15, -0.1) is 29.3 Å². The van der Waals surface area contributed by atoms with Gasteiger partial charge in [-0.05, 0) is 25.1 Å². The molecule has 2 heterocycles. The predicted octanol–water partition coefficient (Wildman–Crippen LogP) is 3.55. The van der Waals surface area contributed by atoms with E-state index in [2.05, 4.69) is 22.5 Å². The number of rotatable bonds is 2. The van der Waals surface area contributed by atoms with Gasteiger partial charge in [-0.3, -0.25) is 4.39 Å². The maximum absolute atomic E-state index is 14.2. The molecule has 0 amide bonds. The number of hydrogen-bond donors (Lipinski definition) is 1. The van der Waals surface area contributed by atoms with Gasteiger partial charge in [0.05, 0.1) is 0 Å². The van der Waals surface area contributed by atoms with Gasteiger partial charge in [0.2, 0.25) is 0 Å². The van der Waals surface area contributed by atoms with Gasteiger partial charge in [0.1, 0.15) is 0 Å². The average Bonchev–Trinajstić information content (AvgIpc) is 3.01. The summed E-state index contributed by atoms with van der Waals surface area (Å²) in [7, 11) is 0. The second kappa shape index (κ2) is 7.31. The van der Waals surface area contributed by atoms with E-state index >= 15 is 0 Å². The number of aromatic amines is 1. The molecule has 8 heteroatoms. The molecular weight excluding hydrogens is 428 g/mol. The van der Waals surface area contributed by atoms with Gasteiger partial charge in [-0.2, -0.15) is 15.7 Å². The van der Waals surface area contributed by atoms with E-state index in [1.165, 1.54) is 17.5 Å². The van der Waals surface area contributed by atoms with E-state index in [1.54, 1.807) is 6.07 Å². The van der Waals surface area contributed by atoms with Crippen LogP contribution in [0, 0.1) is 16.7 Å². The molecule has 0 saturated heterocycles. The van der Waals surface area contributed by atoms with Crippen molar-refractivity contribution in [2.75, 3.05) is 0 Å². The Balaban J connectivity index is 0.000000487. The molecule has 1 N–H and O–H groups in total. The molecule has 0 spiro atoms. The first-order valence-electron chi connectivity index (χ1n) is 7.17. The van der Waals surface area contributed by atoms with Crippen LogP contribution < -0.4 is 0 Å². The van der Waals surface area contributed by atoms with Crippen molar-refractivity contribution in [2.24, 2.45) is 0 Å². The second-order valence-electron chi connectivity index (χ2n) is 5.76. The fraction of sp³-hybridized carbons (Fsp3) is 0.375. The first kappa shape index (κ1) is 19.7. The van der Waals surface area contributed by atoms with Crippen LogP contribution in [0.3, 0.4) is 0 Å². The van der Waals surface area contributed by atoms with Gasteiger partial charge >= 0.3 is 6.15 Å². The number of halogens is 2. The second-order valence-corrected chi connectivity index (χ2v) is 6.55. The van der Waals surface area contributed by atoms with Crippen molar-refractivity contribution >= 4 is 30.0 Å². The van der Waals surface area contributed by atoms with Crippen molar-refractivity contribution in [1.82, 2.24) is 9.55 Å². The monoisotopic (exact) mass is 440 g/mol. The quantitative estimate of drug-likeness (QED) is 0.574. The summed E-state index contributed by atoms with van der Waals surface area (Å²) in [6.45, 7) is 2.84. The summed E-state index contributed by atoms with van der Waals surface area (Å²) in [6, 6.07) is 6.00. The van der Waals surface area contributed by atoms with Crippen molar-refractivity contribution in [3.05, 3.63) is 50.8 Å². The van der Waals surface area contributed by atoms with Gasteiger partial charge in [0, 0.05) is 67.8 Å². The first-order chi connectivity index (χ1) is 11.0. The summed E-state index contributed by atoms with van der Waals surface area (Å²) in [5.41, 5.74) is 2.87. The van der Waals surface area contributed by atoms with Crippen molar-refractivity contribution < 1.29 is 46.7 Å². The van der Waals surface area contributed by atoms with Crippen molar-refractivity contribution in [3.63, 3.8) is 0 Å². The molecule has 2 aliphatic rings. The summed E-state index contributed by atoms with van der Waals surface area (Å²) in [5, 5.41) is 0.471. The number of aryl methyl sites for hydroxylation is 1. The summed E-state index contributed by atoms with van der Waals surface area (Å²) >= 11 is 11.4. The smallest absolute Gasteiger partial charge is 0.334 e. The number of carbonyl (C=O) groups excluding carboxylic acids is 2. The van der Waals surface area contributed by atoms with Crippen LogP contribution >= 0.6 is 23.8 Å². The molecule has 0 bridgehead atoms. The van der Waals surface area contributed by atoms with E-state index in [9.17, 15) is 4.39 Å². The SMILES string of the molecule is CCc1[nH]c(=S)n2c1[C@@H]1C[C@]1(c1[c-]c(Cl)ccc1F)C2.O=C=O.[Y]. The zero-order chi connectivity index (χ0) is 16.8. The van der Waals surface area contributed by atoms with Crippen LogP contribution in [-0.4, -0.2) is 15.7 Å². The molecule has 2 aromatic rings. The Hall–Kier alpha value is -0.646. The van der Waals surface area contributed by atoms with E-state index in [1.807, 2.05) is 0 Å². The third-order valence-corrected chi connectivity index (χ3v) is 5.20. The van der Waals surface area contributed by atoms with Crippen molar-refractivity contribution in [3.8, 4) is 0 Å². The maximum atomic E-state index is 14.2. The maximum Gasteiger partial charge on any atom is 0.373 e. The zero-order valence-electron chi connectivity index (χ0n) is 12.9. The molecule has 1 aromatic heterocycles. The Bertz CT molecular complexity index is 875. The molecule has 1 saturated carbocycles. The van der Waals surface area contributed by atoms with Crippen LogP contribution in [0.25, 0.3) is 0 Å². The number of nitrogens with zero attached hydrogens (tertiary/aromatic N) is 1. The number of nitrogens with one attached hydrogen (secondary N) is 1. The molecule has 2 atom stereocenters. The van der Waals surface area contributed by atoms with Crippen LogP contribution in [0.4, 0.5) is 4.39 Å². The summed E-state index contributed by atoms with van der Waals surface area (Å²) < 4.78 is 17.0. The first-order valence-corrected chi connectivity index (χ1v) is 7.95. The van der Waals surface area contributed by atoms with Gasteiger partial charge in [-0.25, -0.2) is 0 Å². The van der Waals surface area contributed by atoms with E-state index in [0.29, 0.717) is 16.5 Å². The standard InChI is InChI=1S/C15H13ClFN2S.CO2.Y/c1-2-12-13-10-6-15(10,7-19(13)14(20)18-12)9-5-8(16)3-4-11(9)17;2-1-3;/h3-4,10H,2,6-7H2,1H3,(H,18,20);;/q-1;;/t10-,15+;;/m0../s1. The van der Waals surface area contributed by atoms with E-state index in [0.717, 1.165) is 24.2 Å². The molecule has 4 rings (SSSR count). The van der Waals surface area contributed by atoms with E-state index in [4.69, 9.17) is 33.4 Å². The molecule has 4 nitrogen and oxygen atoms in total. The molecule has 0 unspecified atom stereocenters. The predicted molar refractivity (Wildman–Crippen MR) is 83.3 cm³/mol.